The molecule has 4 heteroatoms. The molecule has 0 radical (unpaired) electrons. The highest BCUT2D eigenvalue weighted by Crippen LogP contribution is 2.41. The monoisotopic (exact) mass is 757 g/mol. The van der Waals surface area contributed by atoms with E-state index in [0.717, 1.165) is 34.5 Å². The van der Waals surface area contributed by atoms with E-state index in [1.165, 1.54) is 86.1 Å². The third kappa shape index (κ3) is 5.02. The third-order valence-electron chi connectivity index (χ3n) is 12.0. The normalized spacial score (nSPS) is 14.1. The van der Waals surface area contributed by atoms with Crippen molar-refractivity contribution < 1.29 is 0 Å². The van der Waals surface area contributed by atoms with Crippen molar-refractivity contribution in [3.05, 3.63) is 206 Å². The Morgan fingerprint density at radius 3 is 1.91 bits per heavy atom. The molecular formula is C54H35N3S. The molecule has 0 unspecified atom stereocenters. The summed E-state index contributed by atoms with van der Waals surface area (Å²) in [5.74, 6) is 0.917. The number of para-hydroxylation sites is 3. The molecule has 0 amide bonds. The molecule has 0 bridgehead atoms. The summed E-state index contributed by atoms with van der Waals surface area (Å²) in [6, 6.07) is 57.8. The Hall–Kier alpha value is -7.27. The minimum absolute atomic E-state index is 0.870. The van der Waals surface area contributed by atoms with Crippen LogP contribution in [0.5, 0.6) is 0 Å². The second-order valence-electron chi connectivity index (χ2n) is 15.2. The number of aromatic nitrogens is 3. The van der Waals surface area contributed by atoms with E-state index in [-0.39, 0.29) is 0 Å². The van der Waals surface area contributed by atoms with E-state index in [0.29, 0.717) is 0 Å². The number of pyridine rings is 1. The molecule has 0 saturated carbocycles. The number of hydrogen-bond donors (Lipinski definition) is 0. The van der Waals surface area contributed by atoms with E-state index in [2.05, 4.69) is 204 Å². The number of allylic oxidation sites excluding steroid dienone is 5. The van der Waals surface area contributed by atoms with E-state index < -0.39 is 0 Å². The zero-order valence-corrected chi connectivity index (χ0v) is 32.4. The Kier molecular flexibility index (Phi) is 7.31. The van der Waals surface area contributed by atoms with Crippen LogP contribution in [0.4, 0.5) is 0 Å². The first-order valence-electron chi connectivity index (χ1n) is 19.8. The van der Waals surface area contributed by atoms with Gasteiger partial charge in [0.1, 0.15) is 5.82 Å². The molecule has 0 N–H and O–H groups in total. The summed E-state index contributed by atoms with van der Waals surface area (Å²) in [6.45, 7) is 4.41. The Labute approximate surface area is 339 Å². The number of benzene rings is 7. The summed E-state index contributed by atoms with van der Waals surface area (Å²) < 4.78 is 7.17. The van der Waals surface area contributed by atoms with Crippen LogP contribution in [0.2, 0.25) is 0 Å². The molecule has 0 fully saturated rings. The molecule has 11 aromatic rings. The van der Waals surface area contributed by atoms with E-state index in [1.54, 1.807) is 11.3 Å². The van der Waals surface area contributed by atoms with Crippen molar-refractivity contribution >= 4 is 80.7 Å². The molecule has 0 spiro atoms. The molecule has 0 saturated heterocycles. The summed E-state index contributed by atoms with van der Waals surface area (Å²) in [6.07, 6.45) is 11.5. The quantitative estimate of drug-likeness (QED) is 0.176. The molecular weight excluding hydrogens is 723 g/mol. The van der Waals surface area contributed by atoms with Crippen LogP contribution in [0.15, 0.2) is 195 Å². The standard InChI is InChI=1S/C54H35N3S/c1-34-13-3-2-4-14-35-23-24-36(29-44(35)40-16-6-5-15-39(34)40)37-25-28-52-46(30-37)47-32-54(55-33-53(47)58-52)57-50-22-12-9-19-43(50)45-31-38(26-27-51(45)57)56-48-20-10-7-17-41(48)42-18-8-11-21-49(42)56/h2-13,15-33H,1,14H2/b4-2-,13-3-. The molecule has 1 aliphatic rings. The zero-order chi connectivity index (χ0) is 38.3. The fourth-order valence-electron chi connectivity index (χ4n) is 9.24. The smallest absolute Gasteiger partial charge is 0.138 e. The number of fused-ring (bicyclic) bond motifs is 12. The van der Waals surface area contributed by atoms with Gasteiger partial charge >= 0.3 is 0 Å². The molecule has 7 aromatic carbocycles. The molecule has 4 heterocycles. The van der Waals surface area contributed by atoms with Gasteiger partial charge in [0.15, 0.2) is 0 Å². The fraction of sp³-hybridized carbons (Fsp3) is 0.0185. The lowest BCUT2D eigenvalue weighted by Gasteiger charge is -2.16. The Bertz CT molecular complexity index is 3520. The van der Waals surface area contributed by atoms with Gasteiger partial charge in [0.05, 0.1) is 26.8 Å². The minimum atomic E-state index is 0.870. The van der Waals surface area contributed by atoms with Gasteiger partial charge in [-0.05, 0) is 106 Å². The first-order valence-corrected chi connectivity index (χ1v) is 20.6. The number of hydrogen-bond acceptors (Lipinski definition) is 2. The van der Waals surface area contributed by atoms with Crippen LogP contribution in [0.25, 0.3) is 103 Å². The lowest BCUT2D eigenvalue weighted by atomic mass is 9.88. The van der Waals surface area contributed by atoms with Gasteiger partial charge in [0, 0.05) is 48.9 Å². The van der Waals surface area contributed by atoms with Gasteiger partial charge in [-0.2, -0.15) is 0 Å². The summed E-state index contributed by atoms with van der Waals surface area (Å²) in [5.41, 5.74) is 14.2. The first kappa shape index (κ1) is 32.9. The molecule has 58 heavy (non-hydrogen) atoms. The Balaban J connectivity index is 1.01. The van der Waals surface area contributed by atoms with E-state index in [1.807, 2.05) is 0 Å². The maximum atomic E-state index is 5.14. The second kappa shape index (κ2) is 12.9. The SMILES string of the molecule is C=C1/C=C\C=C/Cc2ccc(-c3ccc4sc5cnc(-n6c7ccccc7c7cc(-n8c9ccccc9c9ccccc98)ccc76)cc5c4c3)cc2-c2ccccc21. The average molecular weight is 758 g/mol. The highest BCUT2D eigenvalue weighted by molar-refractivity contribution is 7.25. The predicted octanol–water partition coefficient (Wildman–Crippen LogP) is 14.7. The van der Waals surface area contributed by atoms with Gasteiger partial charge in [-0.15, -0.1) is 11.3 Å². The number of nitrogens with zero attached hydrogens (tertiary/aromatic N) is 3. The van der Waals surface area contributed by atoms with Gasteiger partial charge < -0.3 is 4.57 Å². The van der Waals surface area contributed by atoms with Crippen molar-refractivity contribution in [3.8, 4) is 33.8 Å². The van der Waals surface area contributed by atoms with Crippen molar-refractivity contribution in [1.29, 1.82) is 0 Å². The maximum absolute atomic E-state index is 5.14. The van der Waals surface area contributed by atoms with Gasteiger partial charge in [-0.3, -0.25) is 4.57 Å². The molecule has 0 atom stereocenters. The average Bonchev–Trinajstić information content (AvgIpc) is 3.93. The van der Waals surface area contributed by atoms with Crippen LogP contribution in [0, 0.1) is 0 Å². The maximum Gasteiger partial charge on any atom is 0.138 e. The van der Waals surface area contributed by atoms with Gasteiger partial charge in [0.2, 0.25) is 0 Å². The summed E-state index contributed by atoms with van der Waals surface area (Å²) in [7, 11) is 0. The van der Waals surface area contributed by atoms with Crippen molar-refractivity contribution in [2.75, 3.05) is 0 Å². The van der Waals surface area contributed by atoms with Crippen LogP contribution in [-0.4, -0.2) is 14.1 Å². The molecule has 272 valence electrons. The molecule has 3 nitrogen and oxygen atoms in total. The van der Waals surface area contributed by atoms with Crippen molar-refractivity contribution in [3.63, 3.8) is 0 Å². The lowest BCUT2D eigenvalue weighted by molar-refractivity contribution is 1.09. The van der Waals surface area contributed by atoms with Crippen LogP contribution in [0.1, 0.15) is 11.1 Å². The van der Waals surface area contributed by atoms with Gasteiger partial charge in [-0.25, -0.2) is 4.98 Å². The van der Waals surface area contributed by atoms with Crippen molar-refractivity contribution in [2.45, 2.75) is 6.42 Å². The largest absolute Gasteiger partial charge is 0.309 e. The highest BCUT2D eigenvalue weighted by atomic mass is 32.1. The zero-order valence-electron chi connectivity index (χ0n) is 31.6. The van der Waals surface area contributed by atoms with E-state index >= 15 is 0 Å². The van der Waals surface area contributed by atoms with Crippen LogP contribution < -0.4 is 0 Å². The van der Waals surface area contributed by atoms with Crippen LogP contribution >= 0.6 is 11.3 Å². The second-order valence-corrected chi connectivity index (χ2v) is 16.3. The fourth-order valence-corrected chi connectivity index (χ4v) is 10.3. The third-order valence-corrected chi connectivity index (χ3v) is 13.1. The lowest BCUT2D eigenvalue weighted by Crippen LogP contribution is -1.97. The highest BCUT2D eigenvalue weighted by Gasteiger charge is 2.19. The van der Waals surface area contributed by atoms with Gasteiger partial charge in [-0.1, -0.05) is 128 Å². The molecule has 12 rings (SSSR count). The topological polar surface area (TPSA) is 22.8 Å². The minimum Gasteiger partial charge on any atom is -0.309 e. The molecule has 1 aliphatic carbocycles. The van der Waals surface area contributed by atoms with Crippen molar-refractivity contribution in [2.24, 2.45) is 0 Å². The summed E-state index contributed by atoms with van der Waals surface area (Å²) in [5, 5.41) is 7.41. The Morgan fingerprint density at radius 1 is 0.483 bits per heavy atom. The van der Waals surface area contributed by atoms with Crippen LogP contribution in [0.3, 0.4) is 0 Å². The molecule has 4 aromatic heterocycles. The predicted molar refractivity (Wildman–Crippen MR) is 248 cm³/mol. The number of rotatable bonds is 3. The van der Waals surface area contributed by atoms with E-state index in [9.17, 15) is 0 Å². The Morgan fingerprint density at radius 2 is 1.12 bits per heavy atom. The van der Waals surface area contributed by atoms with E-state index in [4.69, 9.17) is 4.98 Å². The van der Waals surface area contributed by atoms with Gasteiger partial charge in [0.25, 0.3) is 0 Å². The summed E-state index contributed by atoms with van der Waals surface area (Å²) >= 11 is 1.81. The molecule has 0 aliphatic heterocycles. The van der Waals surface area contributed by atoms with Crippen molar-refractivity contribution in [1.82, 2.24) is 14.1 Å². The summed E-state index contributed by atoms with van der Waals surface area (Å²) in [4.78, 5) is 5.14. The first-order chi connectivity index (χ1) is 28.7. The van der Waals surface area contributed by atoms with Crippen LogP contribution in [-0.2, 0) is 6.42 Å². The number of thiophene rings is 1.